The van der Waals surface area contributed by atoms with Crippen molar-refractivity contribution in [1.82, 2.24) is 0 Å². The zero-order valence-electron chi connectivity index (χ0n) is 18.8. The van der Waals surface area contributed by atoms with E-state index in [1.54, 1.807) is 0 Å². The van der Waals surface area contributed by atoms with E-state index in [0.29, 0.717) is 12.0 Å². The first-order valence-corrected chi connectivity index (χ1v) is 12.7. The molecular formula is C26H45NO. The van der Waals surface area contributed by atoms with E-state index in [1.807, 2.05) is 0 Å². The number of nitriles is 1. The monoisotopic (exact) mass is 387 g/mol. The topological polar surface area (TPSA) is 33.0 Å². The maximum atomic E-state index is 10.1. The zero-order chi connectivity index (χ0) is 19.8. The van der Waals surface area contributed by atoms with Gasteiger partial charge in [0.15, 0.2) is 0 Å². The molecule has 0 N–H and O–H groups in total. The zero-order valence-corrected chi connectivity index (χ0v) is 18.8. The van der Waals surface area contributed by atoms with Gasteiger partial charge in [0.25, 0.3) is 0 Å². The Morgan fingerprint density at radius 3 is 2.04 bits per heavy atom. The van der Waals surface area contributed by atoms with Gasteiger partial charge in [0.05, 0.1) is 17.6 Å². The number of nitrogens with zero attached hydrogens (tertiary/aromatic N) is 1. The molecule has 0 aromatic rings. The van der Waals surface area contributed by atoms with Crippen LogP contribution in [0.2, 0.25) is 0 Å². The van der Waals surface area contributed by atoms with Crippen LogP contribution >= 0.6 is 0 Å². The average molecular weight is 388 g/mol. The minimum Gasteiger partial charge on any atom is -0.379 e. The molecule has 2 nitrogen and oxygen atoms in total. The van der Waals surface area contributed by atoms with Crippen molar-refractivity contribution in [2.24, 2.45) is 29.1 Å². The lowest BCUT2D eigenvalue weighted by atomic mass is 9.58. The summed E-state index contributed by atoms with van der Waals surface area (Å²) in [5.74, 6) is 3.53. The van der Waals surface area contributed by atoms with Crippen LogP contribution in [-0.2, 0) is 4.74 Å². The molecule has 0 spiro atoms. The summed E-state index contributed by atoms with van der Waals surface area (Å²) in [6.07, 6.45) is 21.8. The molecule has 3 aliphatic carbocycles. The molecule has 0 radical (unpaired) electrons. The molecule has 3 aliphatic rings. The van der Waals surface area contributed by atoms with Crippen molar-refractivity contribution in [1.29, 1.82) is 5.26 Å². The van der Waals surface area contributed by atoms with Crippen LogP contribution in [0.1, 0.15) is 117 Å². The molecular weight excluding hydrogens is 342 g/mol. The van der Waals surface area contributed by atoms with Gasteiger partial charge in [-0.2, -0.15) is 5.26 Å². The number of hydrogen-bond donors (Lipinski definition) is 0. The Morgan fingerprint density at radius 2 is 1.46 bits per heavy atom. The van der Waals surface area contributed by atoms with Crippen molar-refractivity contribution in [3.63, 3.8) is 0 Å². The smallest absolute Gasteiger partial charge is 0.0692 e. The molecule has 3 saturated carbocycles. The standard InChI is InChI=1S/C26H45NO/c1-3-5-6-7-21-8-10-22(11-9-21)23-16-18-26(20-27,19-17-23)24-12-14-25(15-13-24)28-4-2/h21-25H,3-19H2,1-2H3/t21?,22?,23-,24?,25?,26-. The number of unbranched alkanes of at least 4 members (excludes halogenated alkanes) is 2. The van der Waals surface area contributed by atoms with E-state index in [4.69, 9.17) is 4.74 Å². The van der Waals surface area contributed by atoms with Gasteiger partial charge in [-0.3, -0.25) is 0 Å². The van der Waals surface area contributed by atoms with Crippen molar-refractivity contribution in [3.8, 4) is 6.07 Å². The molecule has 0 unspecified atom stereocenters. The lowest BCUT2D eigenvalue weighted by Gasteiger charge is -2.45. The van der Waals surface area contributed by atoms with Crippen LogP contribution in [-0.4, -0.2) is 12.7 Å². The highest BCUT2D eigenvalue weighted by Crippen LogP contribution is 2.52. The fraction of sp³-hybridized carbons (Fsp3) is 0.962. The first kappa shape index (κ1) is 22.1. The number of ether oxygens (including phenoxy) is 1. The first-order chi connectivity index (χ1) is 13.7. The molecule has 160 valence electrons. The third-order valence-electron chi connectivity index (χ3n) is 8.78. The van der Waals surface area contributed by atoms with E-state index in [2.05, 4.69) is 19.9 Å². The quantitative estimate of drug-likeness (QED) is 0.400. The molecule has 0 aromatic heterocycles. The third kappa shape index (κ3) is 5.53. The van der Waals surface area contributed by atoms with Gasteiger partial charge in [0.1, 0.15) is 0 Å². The normalized spacial score (nSPS) is 39.4. The second-order valence-corrected chi connectivity index (χ2v) is 10.3. The average Bonchev–Trinajstić information content (AvgIpc) is 2.75. The largest absolute Gasteiger partial charge is 0.379 e. The van der Waals surface area contributed by atoms with E-state index >= 15 is 0 Å². The molecule has 0 amide bonds. The summed E-state index contributed by atoms with van der Waals surface area (Å²) in [6.45, 7) is 5.25. The van der Waals surface area contributed by atoms with Gasteiger partial charge in [-0.15, -0.1) is 0 Å². The van der Waals surface area contributed by atoms with Crippen LogP contribution in [0.4, 0.5) is 0 Å². The number of rotatable bonds is 8. The fourth-order valence-corrected chi connectivity index (χ4v) is 6.89. The molecule has 3 rings (SSSR count). The number of hydrogen-bond acceptors (Lipinski definition) is 2. The predicted octanol–water partition coefficient (Wildman–Crippen LogP) is 7.67. The Balaban J connectivity index is 1.43. The fourth-order valence-electron chi connectivity index (χ4n) is 6.89. The molecule has 0 heterocycles. The van der Waals surface area contributed by atoms with Crippen LogP contribution in [0.3, 0.4) is 0 Å². The van der Waals surface area contributed by atoms with Crippen LogP contribution in [0, 0.1) is 40.4 Å². The van der Waals surface area contributed by atoms with Gasteiger partial charge in [0.2, 0.25) is 0 Å². The van der Waals surface area contributed by atoms with E-state index in [0.717, 1.165) is 24.4 Å². The molecule has 0 saturated heterocycles. The lowest BCUT2D eigenvalue weighted by molar-refractivity contribution is -0.00233. The van der Waals surface area contributed by atoms with Crippen LogP contribution < -0.4 is 0 Å². The minimum absolute atomic E-state index is 0.00889. The summed E-state index contributed by atoms with van der Waals surface area (Å²) in [5.41, 5.74) is -0.00889. The van der Waals surface area contributed by atoms with E-state index < -0.39 is 0 Å². The van der Waals surface area contributed by atoms with Crippen molar-refractivity contribution in [2.45, 2.75) is 123 Å². The van der Waals surface area contributed by atoms with E-state index in [1.165, 1.54) is 103 Å². The SMILES string of the molecule is CCCCCC1CCC([C@H]2CC[C@](C#N)(C3CCC(OCC)CC3)CC2)CC1. The highest BCUT2D eigenvalue weighted by Gasteiger charge is 2.44. The van der Waals surface area contributed by atoms with E-state index in [-0.39, 0.29) is 5.41 Å². The molecule has 0 aliphatic heterocycles. The Morgan fingerprint density at radius 1 is 0.821 bits per heavy atom. The molecule has 0 bridgehead atoms. The second-order valence-electron chi connectivity index (χ2n) is 10.3. The Bertz CT molecular complexity index is 471. The highest BCUT2D eigenvalue weighted by atomic mass is 16.5. The third-order valence-corrected chi connectivity index (χ3v) is 8.78. The van der Waals surface area contributed by atoms with Crippen molar-refractivity contribution in [3.05, 3.63) is 0 Å². The Labute approximate surface area is 174 Å². The van der Waals surface area contributed by atoms with Gasteiger partial charge in [0, 0.05) is 6.61 Å². The van der Waals surface area contributed by atoms with Crippen LogP contribution in [0.25, 0.3) is 0 Å². The van der Waals surface area contributed by atoms with Crippen LogP contribution in [0.5, 0.6) is 0 Å². The second kappa shape index (κ2) is 11.0. The Hall–Kier alpha value is -0.550. The van der Waals surface area contributed by atoms with Crippen LogP contribution in [0.15, 0.2) is 0 Å². The Kier molecular flexibility index (Phi) is 8.71. The van der Waals surface area contributed by atoms with Gasteiger partial charge in [-0.05, 0) is 94.8 Å². The molecule has 3 fully saturated rings. The van der Waals surface area contributed by atoms with Gasteiger partial charge in [-0.1, -0.05) is 45.4 Å². The van der Waals surface area contributed by atoms with E-state index in [9.17, 15) is 5.26 Å². The summed E-state index contributed by atoms with van der Waals surface area (Å²) in [6, 6.07) is 2.85. The van der Waals surface area contributed by atoms with Crippen molar-refractivity contribution < 1.29 is 4.74 Å². The summed E-state index contributed by atoms with van der Waals surface area (Å²) in [7, 11) is 0. The maximum Gasteiger partial charge on any atom is 0.0692 e. The molecule has 0 atom stereocenters. The summed E-state index contributed by atoms with van der Waals surface area (Å²) in [4.78, 5) is 0. The molecule has 0 aromatic carbocycles. The van der Waals surface area contributed by atoms with Gasteiger partial charge in [-0.25, -0.2) is 0 Å². The van der Waals surface area contributed by atoms with Gasteiger partial charge >= 0.3 is 0 Å². The summed E-state index contributed by atoms with van der Waals surface area (Å²) < 4.78 is 5.84. The summed E-state index contributed by atoms with van der Waals surface area (Å²) in [5, 5.41) is 10.1. The highest BCUT2D eigenvalue weighted by molar-refractivity contribution is 5.06. The van der Waals surface area contributed by atoms with Crippen molar-refractivity contribution in [2.75, 3.05) is 6.61 Å². The lowest BCUT2D eigenvalue weighted by Crippen LogP contribution is -2.38. The van der Waals surface area contributed by atoms with Gasteiger partial charge < -0.3 is 4.74 Å². The molecule has 2 heteroatoms. The predicted molar refractivity (Wildman–Crippen MR) is 117 cm³/mol. The van der Waals surface area contributed by atoms with Crippen molar-refractivity contribution >= 4 is 0 Å². The minimum atomic E-state index is -0.00889. The first-order valence-electron chi connectivity index (χ1n) is 12.7. The summed E-state index contributed by atoms with van der Waals surface area (Å²) >= 11 is 0. The maximum absolute atomic E-state index is 10.1. The molecule has 28 heavy (non-hydrogen) atoms.